The first kappa shape index (κ1) is 17.9. The molecule has 3 atom stereocenters. The Morgan fingerprint density at radius 1 is 1.24 bits per heavy atom. The number of halogens is 4. The number of nitrogens with zero attached hydrogens (tertiary/aromatic N) is 2. The van der Waals surface area contributed by atoms with Crippen molar-refractivity contribution in [3.05, 3.63) is 11.8 Å². The summed E-state index contributed by atoms with van der Waals surface area (Å²) in [4.78, 5) is 10.5. The van der Waals surface area contributed by atoms with Gasteiger partial charge in [-0.25, -0.2) is 9.18 Å². The van der Waals surface area contributed by atoms with Gasteiger partial charge >= 0.3 is 12.5 Å². The van der Waals surface area contributed by atoms with Crippen molar-refractivity contribution in [3.8, 4) is 0 Å². The molecule has 12 heteroatoms. The van der Waals surface area contributed by atoms with E-state index in [2.05, 4.69) is 20.3 Å². The Kier molecular flexibility index (Phi) is 4.82. The van der Waals surface area contributed by atoms with Crippen LogP contribution in [0.3, 0.4) is 0 Å². The van der Waals surface area contributed by atoms with Crippen molar-refractivity contribution in [2.75, 3.05) is 6.61 Å². The minimum absolute atomic E-state index is 0.0555. The van der Waals surface area contributed by atoms with Crippen LogP contribution in [0.2, 0.25) is 0 Å². The molecule has 0 radical (unpaired) electrons. The molecule has 2 N–H and O–H groups in total. The summed E-state index contributed by atoms with van der Waals surface area (Å²) >= 11 is 0. The SMILES string of the molecule is O=C(O)N[C@H]1CO[C@H](c2nnc(C3CC(OC(F)(F)F)C3)o2)[C@@H](F)C1. The highest BCUT2D eigenvalue weighted by molar-refractivity contribution is 5.64. The maximum Gasteiger partial charge on any atom is 0.522 e. The van der Waals surface area contributed by atoms with Crippen LogP contribution in [0.25, 0.3) is 0 Å². The fourth-order valence-corrected chi connectivity index (χ4v) is 2.87. The number of carboxylic acid groups (broad SMARTS) is 1. The number of carbonyl (C=O) groups is 1. The summed E-state index contributed by atoms with van der Waals surface area (Å²) in [5, 5.41) is 18.2. The minimum atomic E-state index is -4.69. The van der Waals surface area contributed by atoms with Gasteiger partial charge in [-0.3, -0.25) is 4.74 Å². The van der Waals surface area contributed by atoms with E-state index in [9.17, 15) is 22.4 Å². The molecule has 2 heterocycles. The molecule has 1 aromatic heterocycles. The Labute approximate surface area is 138 Å². The summed E-state index contributed by atoms with van der Waals surface area (Å²) < 4.78 is 64.9. The van der Waals surface area contributed by atoms with Crippen LogP contribution in [-0.2, 0) is 9.47 Å². The first-order chi connectivity index (χ1) is 11.7. The van der Waals surface area contributed by atoms with E-state index < -0.39 is 36.9 Å². The van der Waals surface area contributed by atoms with Crippen molar-refractivity contribution < 1.29 is 41.4 Å². The molecule has 2 aliphatic rings. The second kappa shape index (κ2) is 6.75. The van der Waals surface area contributed by atoms with E-state index >= 15 is 0 Å². The number of alkyl halides is 4. The van der Waals surface area contributed by atoms with E-state index in [1.807, 2.05) is 0 Å². The monoisotopic (exact) mass is 369 g/mol. The highest BCUT2D eigenvalue weighted by Gasteiger charge is 2.43. The second-order valence-electron chi connectivity index (χ2n) is 5.98. The quantitative estimate of drug-likeness (QED) is 0.784. The Balaban J connectivity index is 1.53. The lowest BCUT2D eigenvalue weighted by atomic mass is 9.82. The molecule has 1 aliphatic carbocycles. The number of hydrogen-bond donors (Lipinski definition) is 2. The van der Waals surface area contributed by atoms with Crippen LogP contribution < -0.4 is 5.32 Å². The predicted molar refractivity (Wildman–Crippen MR) is 70.4 cm³/mol. The third kappa shape index (κ3) is 4.37. The number of ether oxygens (including phenoxy) is 2. The third-order valence-electron chi connectivity index (χ3n) is 4.09. The number of rotatable bonds is 4. The fraction of sp³-hybridized carbons (Fsp3) is 0.769. The average Bonchev–Trinajstić information content (AvgIpc) is 2.89. The van der Waals surface area contributed by atoms with Crippen molar-refractivity contribution in [2.45, 2.75) is 56.0 Å². The van der Waals surface area contributed by atoms with E-state index in [-0.39, 0.29) is 43.6 Å². The molecule has 0 bridgehead atoms. The zero-order chi connectivity index (χ0) is 18.2. The zero-order valence-corrected chi connectivity index (χ0v) is 12.7. The van der Waals surface area contributed by atoms with Gasteiger partial charge in [-0.1, -0.05) is 0 Å². The lowest BCUT2D eigenvalue weighted by Crippen LogP contribution is -2.44. The van der Waals surface area contributed by atoms with Crippen LogP contribution in [0, 0.1) is 0 Å². The van der Waals surface area contributed by atoms with Crippen LogP contribution in [0.5, 0.6) is 0 Å². The highest BCUT2D eigenvalue weighted by Crippen LogP contribution is 2.41. The Morgan fingerprint density at radius 2 is 1.92 bits per heavy atom. The van der Waals surface area contributed by atoms with Gasteiger partial charge in [0.2, 0.25) is 11.8 Å². The Morgan fingerprint density at radius 3 is 2.52 bits per heavy atom. The van der Waals surface area contributed by atoms with E-state index in [0.717, 1.165) is 0 Å². The maximum absolute atomic E-state index is 14.2. The Bertz CT molecular complexity index is 619. The van der Waals surface area contributed by atoms with Crippen LogP contribution in [0.1, 0.15) is 43.1 Å². The van der Waals surface area contributed by atoms with Gasteiger partial charge in [-0.2, -0.15) is 0 Å². The van der Waals surface area contributed by atoms with Crippen molar-refractivity contribution in [1.82, 2.24) is 15.5 Å². The van der Waals surface area contributed by atoms with Gasteiger partial charge in [-0.05, 0) is 12.8 Å². The first-order valence-electron chi connectivity index (χ1n) is 7.54. The summed E-state index contributed by atoms with van der Waals surface area (Å²) in [6.07, 6.45) is -9.56. The zero-order valence-electron chi connectivity index (χ0n) is 12.7. The molecule has 1 saturated carbocycles. The predicted octanol–water partition coefficient (Wildman–Crippen LogP) is 2.29. The average molecular weight is 369 g/mol. The van der Waals surface area contributed by atoms with Crippen molar-refractivity contribution in [3.63, 3.8) is 0 Å². The normalized spacial score (nSPS) is 32.9. The highest BCUT2D eigenvalue weighted by atomic mass is 19.4. The van der Waals surface area contributed by atoms with Gasteiger partial charge in [0.1, 0.15) is 6.17 Å². The first-order valence-corrected chi connectivity index (χ1v) is 7.54. The summed E-state index contributed by atoms with van der Waals surface area (Å²) in [5.74, 6) is -0.383. The van der Waals surface area contributed by atoms with Crippen molar-refractivity contribution in [1.29, 1.82) is 0 Å². The standard InChI is InChI=1S/C13H15F4N3O5/c14-8-3-6(18-12(21)22)4-23-9(8)11-20-19-10(24-11)5-1-7(2-5)25-13(15,16)17/h5-9,18H,1-4H2,(H,21,22)/t5?,6-,7?,8+,9+/m1/s1. The molecule has 0 spiro atoms. The number of aromatic nitrogens is 2. The molecule has 1 saturated heterocycles. The molecule has 1 amide bonds. The van der Waals surface area contributed by atoms with E-state index in [1.165, 1.54) is 0 Å². The molecule has 3 rings (SSSR count). The summed E-state index contributed by atoms with van der Waals surface area (Å²) in [6, 6.07) is -0.682. The topological polar surface area (TPSA) is 107 Å². The largest absolute Gasteiger partial charge is 0.522 e. The van der Waals surface area contributed by atoms with Crippen molar-refractivity contribution >= 4 is 6.09 Å². The fourth-order valence-electron chi connectivity index (χ4n) is 2.87. The molecule has 2 fully saturated rings. The Hall–Kier alpha value is -1.95. The van der Waals surface area contributed by atoms with Crippen molar-refractivity contribution in [2.24, 2.45) is 0 Å². The molecule has 0 unspecified atom stereocenters. The van der Waals surface area contributed by atoms with E-state index in [4.69, 9.17) is 14.3 Å². The van der Waals surface area contributed by atoms with Gasteiger partial charge in [-0.15, -0.1) is 23.4 Å². The maximum atomic E-state index is 14.2. The van der Waals surface area contributed by atoms with E-state index in [0.29, 0.717) is 0 Å². The van der Waals surface area contributed by atoms with Crippen LogP contribution in [0.15, 0.2) is 4.42 Å². The van der Waals surface area contributed by atoms with Crippen LogP contribution in [0.4, 0.5) is 22.4 Å². The number of hydrogen-bond acceptors (Lipinski definition) is 6. The molecule has 0 aromatic carbocycles. The van der Waals surface area contributed by atoms with Gasteiger partial charge in [0.25, 0.3) is 0 Å². The van der Waals surface area contributed by atoms with E-state index in [1.54, 1.807) is 0 Å². The molecule has 8 nitrogen and oxygen atoms in total. The molecule has 140 valence electrons. The molecular formula is C13H15F4N3O5. The molecule has 1 aromatic rings. The number of nitrogens with one attached hydrogen (secondary N) is 1. The second-order valence-corrected chi connectivity index (χ2v) is 5.98. The van der Waals surface area contributed by atoms with Gasteiger partial charge in [0, 0.05) is 12.3 Å². The van der Waals surface area contributed by atoms with Gasteiger partial charge in [0.15, 0.2) is 6.10 Å². The molecule has 1 aliphatic heterocycles. The van der Waals surface area contributed by atoms with Gasteiger partial charge < -0.3 is 19.6 Å². The summed E-state index contributed by atoms with van der Waals surface area (Å²) in [6.45, 7) is -0.0555. The summed E-state index contributed by atoms with van der Waals surface area (Å²) in [5.41, 5.74) is 0. The third-order valence-corrected chi connectivity index (χ3v) is 4.09. The minimum Gasteiger partial charge on any atom is -0.465 e. The number of amides is 1. The lowest BCUT2D eigenvalue weighted by Gasteiger charge is -2.33. The van der Waals surface area contributed by atoms with Crippen LogP contribution in [-0.4, -0.2) is 52.7 Å². The van der Waals surface area contributed by atoms with Gasteiger partial charge in [0.05, 0.1) is 18.8 Å². The molecule has 25 heavy (non-hydrogen) atoms. The molecular weight excluding hydrogens is 354 g/mol. The lowest BCUT2D eigenvalue weighted by molar-refractivity contribution is -0.352. The smallest absolute Gasteiger partial charge is 0.465 e. The summed E-state index contributed by atoms with van der Waals surface area (Å²) in [7, 11) is 0. The van der Waals surface area contributed by atoms with Crippen LogP contribution >= 0.6 is 0 Å².